The Bertz CT molecular complexity index is 665. The van der Waals surface area contributed by atoms with E-state index in [2.05, 4.69) is 10.6 Å². The van der Waals surface area contributed by atoms with Gasteiger partial charge in [-0.3, -0.25) is 9.59 Å². The summed E-state index contributed by atoms with van der Waals surface area (Å²) in [4.78, 5) is 23.8. The van der Waals surface area contributed by atoms with Gasteiger partial charge in [-0.1, -0.05) is 19.1 Å². The number of nitrogens with one attached hydrogen (secondary N) is 2. The van der Waals surface area contributed by atoms with E-state index in [-0.39, 0.29) is 12.5 Å². The van der Waals surface area contributed by atoms with Gasteiger partial charge in [-0.25, -0.2) is 0 Å². The van der Waals surface area contributed by atoms with E-state index < -0.39 is 17.9 Å². The number of amides is 2. The van der Waals surface area contributed by atoms with Gasteiger partial charge in [-0.15, -0.1) is 0 Å². The summed E-state index contributed by atoms with van der Waals surface area (Å²) in [6.45, 7) is 3.76. The van der Waals surface area contributed by atoms with Gasteiger partial charge in [0, 0.05) is 18.2 Å². The van der Waals surface area contributed by atoms with Gasteiger partial charge < -0.3 is 20.2 Å². The summed E-state index contributed by atoms with van der Waals surface area (Å²) in [5.74, 6) is -1.05. The van der Waals surface area contributed by atoms with Crippen LogP contribution in [0.2, 0.25) is 0 Å². The second kappa shape index (κ2) is 8.31. The van der Waals surface area contributed by atoms with Gasteiger partial charge >= 0.3 is 11.8 Å². The van der Waals surface area contributed by atoms with Crippen molar-refractivity contribution in [2.24, 2.45) is 0 Å². The maximum absolute atomic E-state index is 11.9. The van der Waals surface area contributed by atoms with Crippen LogP contribution in [-0.4, -0.2) is 23.0 Å². The first kappa shape index (κ1) is 17.7. The standard InChI is InChI=1S/C18H22N2O4/c1-3-13-6-8-14(9-7-13)20-18(23)17(22)19-12(2)11-15(21)16-5-4-10-24-16/h4-10,12,15,21H,3,11H2,1-2H3,(H,19,22)(H,20,23). The maximum Gasteiger partial charge on any atom is 0.313 e. The van der Waals surface area contributed by atoms with Crippen molar-refractivity contribution in [3.05, 3.63) is 54.0 Å². The zero-order chi connectivity index (χ0) is 17.5. The van der Waals surface area contributed by atoms with E-state index >= 15 is 0 Å². The number of benzene rings is 1. The maximum atomic E-state index is 11.9. The summed E-state index contributed by atoms with van der Waals surface area (Å²) in [5.41, 5.74) is 1.72. The number of hydrogen-bond donors (Lipinski definition) is 3. The topological polar surface area (TPSA) is 91.6 Å². The molecule has 2 atom stereocenters. The summed E-state index contributed by atoms with van der Waals surface area (Å²) in [7, 11) is 0. The average molecular weight is 330 g/mol. The molecule has 0 saturated heterocycles. The molecule has 3 N–H and O–H groups in total. The summed E-state index contributed by atoms with van der Waals surface area (Å²) in [6, 6.07) is 10.3. The first-order chi connectivity index (χ1) is 11.5. The average Bonchev–Trinajstić information content (AvgIpc) is 3.10. The van der Waals surface area contributed by atoms with Crippen molar-refractivity contribution in [2.45, 2.75) is 38.8 Å². The third kappa shape index (κ3) is 4.96. The van der Waals surface area contributed by atoms with Crippen molar-refractivity contribution >= 4 is 17.5 Å². The van der Waals surface area contributed by atoms with E-state index in [1.54, 1.807) is 31.2 Å². The summed E-state index contributed by atoms with van der Waals surface area (Å²) in [6.07, 6.45) is 1.79. The molecule has 2 unspecified atom stereocenters. The number of carbonyl (C=O) groups excluding carboxylic acids is 2. The van der Waals surface area contributed by atoms with Gasteiger partial charge in [0.2, 0.25) is 0 Å². The highest BCUT2D eigenvalue weighted by Crippen LogP contribution is 2.18. The normalized spacial score (nSPS) is 13.1. The molecule has 0 fully saturated rings. The zero-order valence-corrected chi connectivity index (χ0v) is 13.8. The van der Waals surface area contributed by atoms with E-state index in [1.807, 2.05) is 19.1 Å². The lowest BCUT2D eigenvalue weighted by Crippen LogP contribution is -2.41. The van der Waals surface area contributed by atoms with E-state index in [4.69, 9.17) is 4.42 Å². The highest BCUT2D eigenvalue weighted by molar-refractivity contribution is 6.39. The molecule has 0 radical (unpaired) electrons. The molecule has 0 aliphatic heterocycles. The van der Waals surface area contributed by atoms with Gasteiger partial charge in [0.15, 0.2) is 0 Å². The monoisotopic (exact) mass is 330 g/mol. The minimum atomic E-state index is -0.833. The van der Waals surface area contributed by atoms with Crippen LogP contribution in [0.5, 0.6) is 0 Å². The Morgan fingerprint density at radius 3 is 2.46 bits per heavy atom. The quantitative estimate of drug-likeness (QED) is 0.709. The van der Waals surface area contributed by atoms with Crippen LogP contribution in [0.4, 0.5) is 5.69 Å². The molecule has 6 nitrogen and oxygen atoms in total. The highest BCUT2D eigenvalue weighted by atomic mass is 16.4. The molecule has 1 aromatic heterocycles. The number of anilines is 1. The lowest BCUT2D eigenvalue weighted by molar-refractivity contribution is -0.136. The number of rotatable bonds is 6. The van der Waals surface area contributed by atoms with Crippen molar-refractivity contribution in [3.63, 3.8) is 0 Å². The number of aliphatic hydroxyl groups excluding tert-OH is 1. The Morgan fingerprint density at radius 2 is 1.88 bits per heavy atom. The Kier molecular flexibility index (Phi) is 6.14. The van der Waals surface area contributed by atoms with Crippen LogP contribution in [0.15, 0.2) is 47.1 Å². The fraction of sp³-hybridized carbons (Fsp3) is 0.333. The van der Waals surface area contributed by atoms with Gasteiger partial charge in [0.25, 0.3) is 0 Å². The van der Waals surface area contributed by atoms with Crippen LogP contribution in [0.25, 0.3) is 0 Å². The van der Waals surface area contributed by atoms with Crippen LogP contribution in [0.3, 0.4) is 0 Å². The van der Waals surface area contributed by atoms with Crippen LogP contribution >= 0.6 is 0 Å². The van der Waals surface area contributed by atoms with Crippen LogP contribution in [-0.2, 0) is 16.0 Å². The first-order valence-electron chi connectivity index (χ1n) is 7.91. The summed E-state index contributed by atoms with van der Waals surface area (Å²) >= 11 is 0. The van der Waals surface area contributed by atoms with Crippen molar-refractivity contribution in [1.29, 1.82) is 0 Å². The van der Waals surface area contributed by atoms with Gasteiger partial charge in [-0.2, -0.15) is 0 Å². The Balaban J connectivity index is 1.82. The Labute approximate surface area is 140 Å². The molecule has 0 spiro atoms. The third-order valence-electron chi connectivity index (χ3n) is 3.65. The first-order valence-corrected chi connectivity index (χ1v) is 7.91. The minimum Gasteiger partial charge on any atom is -0.467 e. The third-order valence-corrected chi connectivity index (χ3v) is 3.65. The minimum absolute atomic E-state index is 0.248. The Morgan fingerprint density at radius 1 is 1.17 bits per heavy atom. The lowest BCUT2D eigenvalue weighted by Gasteiger charge is -2.16. The molecule has 1 aromatic carbocycles. The molecule has 6 heteroatoms. The molecule has 2 amide bonds. The number of carbonyl (C=O) groups is 2. The molecule has 2 aromatic rings. The molecular weight excluding hydrogens is 308 g/mol. The molecule has 1 heterocycles. The van der Waals surface area contributed by atoms with Crippen molar-refractivity contribution in [3.8, 4) is 0 Å². The molecule has 24 heavy (non-hydrogen) atoms. The fourth-order valence-electron chi connectivity index (χ4n) is 2.29. The molecule has 0 saturated carbocycles. The Hall–Kier alpha value is -2.60. The van der Waals surface area contributed by atoms with Crippen LogP contribution in [0.1, 0.15) is 37.7 Å². The number of furan rings is 1. The second-order valence-corrected chi connectivity index (χ2v) is 5.65. The molecule has 128 valence electrons. The van der Waals surface area contributed by atoms with E-state index in [9.17, 15) is 14.7 Å². The predicted octanol–water partition coefficient (Wildman–Crippen LogP) is 2.41. The van der Waals surface area contributed by atoms with Crippen LogP contribution < -0.4 is 10.6 Å². The van der Waals surface area contributed by atoms with E-state index in [0.717, 1.165) is 12.0 Å². The fourth-order valence-corrected chi connectivity index (χ4v) is 2.29. The van der Waals surface area contributed by atoms with Crippen molar-refractivity contribution in [1.82, 2.24) is 5.32 Å². The van der Waals surface area contributed by atoms with Crippen LogP contribution in [0, 0.1) is 0 Å². The summed E-state index contributed by atoms with van der Waals surface area (Å²) in [5, 5.41) is 15.1. The van der Waals surface area contributed by atoms with Gasteiger partial charge in [-0.05, 0) is 43.2 Å². The SMILES string of the molecule is CCc1ccc(NC(=O)C(=O)NC(C)CC(O)c2ccco2)cc1. The molecule has 0 aliphatic carbocycles. The predicted molar refractivity (Wildman–Crippen MR) is 90.3 cm³/mol. The largest absolute Gasteiger partial charge is 0.467 e. The van der Waals surface area contributed by atoms with Gasteiger partial charge in [0.05, 0.1) is 6.26 Å². The second-order valence-electron chi connectivity index (χ2n) is 5.65. The van der Waals surface area contributed by atoms with Crippen molar-refractivity contribution in [2.75, 3.05) is 5.32 Å². The number of hydrogen-bond acceptors (Lipinski definition) is 4. The summed E-state index contributed by atoms with van der Waals surface area (Å²) < 4.78 is 5.10. The smallest absolute Gasteiger partial charge is 0.313 e. The van der Waals surface area contributed by atoms with Crippen molar-refractivity contribution < 1.29 is 19.1 Å². The number of aryl methyl sites for hydroxylation is 1. The molecule has 0 bridgehead atoms. The number of aliphatic hydroxyl groups is 1. The van der Waals surface area contributed by atoms with Gasteiger partial charge in [0.1, 0.15) is 11.9 Å². The molecule has 0 aliphatic rings. The molecule has 2 rings (SSSR count). The molecular formula is C18H22N2O4. The lowest BCUT2D eigenvalue weighted by atomic mass is 10.1. The zero-order valence-electron chi connectivity index (χ0n) is 13.8. The van der Waals surface area contributed by atoms with E-state index in [0.29, 0.717) is 11.4 Å². The van der Waals surface area contributed by atoms with E-state index in [1.165, 1.54) is 6.26 Å². The highest BCUT2D eigenvalue weighted by Gasteiger charge is 2.20.